The Morgan fingerprint density at radius 1 is 0.895 bits per heavy atom. The van der Waals surface area contributed by atoms with Crippen molar-refractivity contribution in [2.45, 2.75) is 25.4 Å². The van der Waals surface area contributed by atoms with Crippen LogP contribution in [0.3, 0.4) is 0 Å². The van der Waals surface area contributed by atoms with Crippen LogP contribution in [-0.4, -0.2) is 74.1 Å². The summed E-state index contributed by atoms with van der Waals surface area (Å²) >= 11 is 0. The van der Waals surface area contributed by atoms with Crippen LogP contribution in [0.2, 0.25) is 0 Å². The van der Waals surface area contributed by atoms with E-state index in [4.69, 9.17) is 10.5 Å². The van der Waals surface area contributed by atoms with E-state index in [9.17, 15) is 9.59 Å². The Morgan fingerprint density at radius 3 is 2.16 bits per heavy atom. The van der Waals surface area contributed by atoms with E-state index in [2.05, 4.69) is 58.6 Å². The summed E-state index contributed by atoms with van der Waals surface area (Å²) in [4.78, 5) is 29.6. The summed E-state index contributed by atoms with van der Waals surface area (Å²) in [5.41, 5.74) is 11.0. The lowest BCUT2D eigenvalue weighted by atomic mass is 9.99. The number of carbonyl (C=O) groups is 2. The smallest absolute Gasteiger partial charge is 0.323 e. The van der Waals surface area contributed by atoms with Crippen LogP contribution in [0.1, 0.15) is 34.5 Å². The third kappa shape index (κ3) is 7.28. The molecule has 1 aliphatic heterocycles. The lowest BCUT2D eigenvalue weighted by Gasteiger charge is -2.38. The molecule has 0 bridgehead atoms. The first-order valence-corrected chi connectivity index (χ1v) is 13.3. The van der Waals surface area contributed by atoms with E-state index in [1.807, 2.05) is 30.3 Å². The van der Waals surface area contributed by atoms with Gasteiger partial charge in [0.2, 0.25) is 0 Å². The highest BCUT2D eigenvalue weighted by Gasteiger charge is 2.25. The molecule has 1 saturated heterocycles. The highest BCUT2D eigenvalue weighted by molar-refractivity contribution is 5.94. The van der Waals surface area contributed by atoms with Gasteiger partial charge in [-0.3, -0.25) is 14.5 Å². The van der Waals surface area contributed by atoms with Crippen molar-refractivity contribution in [2.24, 2.45) is 5.73 Å². The summed E-state index contributed by atoms with van der Waals surface area (Å²) in [5.74, 6) is -0.535. The molecule has 7 heteroatoms. The normalized spacial score (nSPS) is 16.0. The van der Waals surface area contributed by atoms with Crippen LogP contribution < -0.4 is 11.1 Å². The van der Waals surface area contributed by atoms with Gasteiger partial charge in [-0.25, -0.2) is 0 Å². The Morgan fingerprint density at radius 2 is 1.53 bits per heavy atom. The minimum absolute atomic E-state index is 0.0827. The number of nitrogens with one attached hydrogen (secondary N) is 1. The number of hydrogen-bond acceptors (Lipinski definition) is 6. The van der Waals surface area contributed by atoms with Gasteiger partial charge >= 0.3 is 5.97 Å². The number of likely N-dealkylation sites (N-methyl/N-ethyl adjacent to an activating group) is 1. The molecule has 0 spiro atoms. The zero-order chi connectivity index (χ0) is 26.9. The minimum atomic E-state index is -0.716. The number of hydrogen-bond donors (Lipinski definition) is 2. The zero-order valence-electron chi connectivity index (χ0n) is 22.3. The molecule has 3 aromatic carbocycles. The summed E-state index contributed by atoms with van der Waals surface area (Å²) in [6, 6.07) is 25.6. The molecule has 1 heterocycles. The van der Waals surface area contributed by atoms with E-state index in [0.717, 1.165) is 31.7 Å². The van der Waals surface area contributed by atoms with Crippen LogP contribution in [0, 0.1) is 0 Å². The molecule has 38 heavy (non-hydrogen) atoms. The first kappa shape index (κ1) is 27.5. The van der Waals surface area contributed by atoms with Crippen molar-refractivity contribution in [3.63, 3.8) is 0 Å². The van der Waals surface area contributed by atoms with Crippen molar-refractivity contribution >= 4 is 11.9 Å². The molecule has 0 aromatic heterocycles. The molecule has 200 valence electrons. The number of rotatable bonds is 10. The van der Waals surface area contributed by atoms with E-state index in [1.54, 1.807) is 19.1 Å². The van der Waals surface area contributed by atoms with E-state index < -0.39 is 12.0 Å². The average Bonchev–Trinajstić information content (AvgIpc) is 2.95. The lowest BCUT2D eigenvalue weighted by molar-refractivity contribution is -0.144. The van der Waals surface area contributed by atoms with E-state index in [0.29, 0.717) is 25.1 Å². The second kappa shape index (κ2) is 13.3. The molecule has 3 aromatic rings. The number of benzene rings is 3. The van der Waals surface area contributed by atoms with Crippen LogP contribution in [0.25, 0.3) is 11.1 Å². The van der Waals surface area contributed by atoms with Gasteiger partial charge in [0.25, 0.3) is 5.91 Å². The van der Waals surface area contributed by atoms with E-state index in [-0.39, 0.29) is 11.9 Å². The number of esters is 1. The average molecular weight is 515 g/mol. The first-order chi connectivity index (χ1) is 18.4. The lowest BCUT2D eigenvalue weighted by Crippen LogP contribution is -2.48. The second-order valence-corrected chi connectivity index (χ2v) is 9.81. The van der Waals surface area contributed by atoms with Crippen molar-refractivity contribution in [1.82, 2.24) is 15.1 Å². The van der Waals surface area contributed by atoms with Crippen LogP contribution in [0.15, 0.2) is 78.9 Å². The Labute approximate surface area is 225 Å². The number of carbonyl (C=O) groups excluding carboxylic acids is 2. The molecular formula is C31H38N4O3. The molecule has 4 rings (SSSR count). The van der Waals surface area contributed by atoms with Gasteiger partial charge in [-0.15, -0.1) is 0 Å². The maximum absolute atomic E-state index is 13.0. The summed E-state index contributed by atoms with van der Waals surface area (Å²) < 4.78 is 4.98. The summed E-state index contributed by atoms with van der Waals surface area (Å²) in [6.07, 6.45) is 0.366. The summed E-state index contributed by atoms with van der Waals surface area (Å²) in [5, 5.41) is 3.15. The Kier molecular flexibility index (Phi) is 9.65. The first-order valence-electron chi connectivity index (χ1n) is 13.3. The van der Waals surface area contributed by atoms with Gasteiger partial charge in [-0.1, -0.05) is 66.7 Å². The predicted octanol–water partition coefficient (Wildman–Crippen LogP) is 3.51. The standard InChI is InChI=1S/C31H38N4O3/c1-3-38-31(37)28(32)21-23-9-11-27(12-10-23)30(36)33-22-29(35-19-17-34(2)18-20-35)26-15-13-25(14-16-26)24-7-5-4-6-8-24/h4-16,28-29H,3,17-22,32H2,1-2H3,(H,33,36)/t28-,29?/m0/s1. The Bertz CT molecular complexity index is 1170. The third-order valence-electron chi connectivity index (χ3n) is 7.10. The van der Waals surface area contributed by atoms with Crippen molar-refractivity contribution in [2.75, 3.05) is 46.4 Å². The maximum atomic E-state index is 13.0. The number of piperazine rings is 1. The second-order valence-electron chi connectivity index (χ2n) is 9.81. The van der Waals surface area contributed by atoms with E-state index in [1.165, 1.54) is 16.7 Å². The Hall–Kier alpha value is -3.52. The van der Waals surface area contributed by atoms with Crippen molar-refractivity contribution in [3.8, 4) is 11.1 Å². The van der Waals surface area contributed by atoms with Gasteiger partial charge in [-0.2, -0.15) is 0 Å². The Balaban J connectivity index is 1.42. The highest BCUT2D eigenvalue weighted by atomic mass is 16.5. The van der Waals surface area contributed by atoms with Crippen molar-refractivity contribution < 1.29 is 14.3 Å². The number of amides is 1. The molecule has 1 fully saturated rings. The topological polar surface area (TPSA) is 87.9 Å². The summed E-state index contributed by atoms with van der Waals surface area (Å²) in [7, 11) is 2.14. The molecule has 0 radical (unpaired) electrons. The fourth-order valence-corrected chi connectivity index (χ4v) is 4.79. The van der Waals surface area contributed by atoms with Crippen LogP contribution in [0.5, 0.6) is 0 Å². The molecule has 2 atom stereocenters. The van der Waals surface area contributed by atoms with Crippen LogP contribution in [0.4, 0.5) is 0 Å². The van der Waals surface area contributed by atoms with Crippen LogP contribution in [-0.2, 0) is 16.0 Å². The fourth-order valence-electron chi connectivity index (χ4n) is 4.79. The molecular weight excluding hydrogens is 476 g/mol. The molecule has 3 N–H and O–H groups in total. The SMILES string of the molecule is CCOC(=O)[C@@H](N)Cc1ccc(C(=O)NCC(c2ccc(-c3ccccc3)cc2)N2CCN(C)CC2)cc1. The van der Waals surface area contributed by atoms with Gasteiger partial charge in [0.1, 0.15) is 6.04 Å². The zero-order valence-corrected chi connectivity index (χ0v) is 22.3. The number of nitrogens with zero attached hydrogens (tertiary/aromatic N) is 2. The number of ether oxygens (including phenoxy) is 1. The van der Waals surface area contributed by atoms with Crippen molar-refractivity contribution in [3.05, 3.63) is 95.6 Å². The van der Waals surface area contributed by atoms with Gasteiger partial charge < -0.3 is 20.7 Å². The van der Waals surface area contributed by atoms with E-state index >= 15 is 0 Å². The molecule has 0 aliphatic carbocycles. The molecule has 0 saturated carbocycles. The monoisotopic (exact) mass is 514 g/mol. The van der Waals surface area contributed by atoms with Gasteiger partial charge in [0.15, 0.2) is 0 Å². The van der Waals surface area contributed by atoms with Gasteiger partial charge in [-0.05, 0) is 54.8 Å². The number of nitrogens with two attached hydrogens (primary N) is 1. The molecule has 1 amide bonds. The highest BCUT2D eigenvalue weighted by Crippen LogP contribution is 2.26. The minimum Gasteiger partial charge on any atom is -0.465 e. The largest absolute Gasteiger partial charge is 0.465 e. The molecule has 1 aliphatic rings. The fraction of sp³-hybridized carbons (Fsp3) is 0.355. The summed E-state index contributed by atoms with van der Waals surface area (Å²) in [6.45, 7) is 6.48. The molecule has 7 nitrogen and oxygen atoms in total. The quantitative estimate of drug-likeness (QED) is 0.403. The van der Waals surface area contributed by atoms with Crippen LogP contribution >= 0.6 is 0 Å². The van der Waals surface area contributed by atoms with Crippen molar-refractivity contribution in [1.29, 1.82) is 0 Å². The third-order valence-corrected chi connectivity index (χ3v) is 7.10. The van der Waals surface area contributed by atoms with Gasteiger partial charge in [0.05, 0.1) is 12.6 Å². The van der Waals surface area contributed by atoms with Gasteiger partial charge in [0, 0.05) is 38.3 Å². The maximum Gasteiger partial charge on any atom is 0.323 e. The molecule has 1 unspecified atom stereocenters. The predicted molar refractivity (Wildman–Crippen MR) is 151 cm³/mol.